The van der Waals surface area contributed by atoms with Crippen molar-refractivity contribution >= 4 is 23.2 Å². The first kappa shape index (κ1) is 14.0. The van der Waals surface area contributed by atoms with Gasteiger partial charge in [0.2, 0.25) is 0 Å². The van der Waals surface area contributed by atoms with Gasteiger partial charge in [0.15, 0.2) is 6.04 Å². The van der Waals surface area contributed by atoms with Gasteiger partial charge in [-0.1, -0.05) is 6.07 Å². The van der Waals surface area contributed by atoms with Crippen molar-refractivity contribution < 1.29 is 24.2 Å². The Labute approximate surface area is 117 Å². The molecule has 0 radical (unpaired) electrons. The predicted octanol–water partition coefficient (Wildman–Crippen LogP) is 2.15. The Morgan fingerprint density at radius 1 is 1.30 bits per heavy atom. The molecule has 7 heteroatoms. The van der Waals surface area contributed by atoms with Crippen molar-refractivity contribution in [2.45, 2.75) is 6.04 Å². The van der Waals surface area contributed by atoms with Gasteiger partial charge in [0.25, 0.3) is 5.91 Å². The minimum atomic E-state index is -1.22. The number of phenolic OH excluding ortho intramolecular Hbond substituents is 1. The second-order valence-electron chi connectivity index (χ2n) is 3.92. The number of carboxylic acids is 1. The van der Waals surface area contributed by atoms with E-state index in [0.717, 1.165) is 18.2 Å². The second-order valence-corrected chi connectivity index (χ2v) is 4.90. The van der Waals surface area contributed by atoms with Crippen LogP contribution in [0.5, 0.6) is 5.75 Å². The fourth-order valence-corrected chi connectivity index (χ4v) is 2.38. The summed E-state index contributed by atoms with van der Waals surface area (Å²) in [6.07, 6.45) is 0. The molecule has 20 heavy (non-hydrogen) atoms. The molecule has 0 saturated heterocycles. The Bertz CT molecular complexity index is 642. The van der Waals surface area contributed by atoms with Gasteiger partial charge >= 0.3 is 5.97 Å². The van der Waals surface area contributed by atoms with Crippen LogP contribution in [0.4, 0.5) is 4.39 Å². The van der Waals surface area contributed by atoms with Crippen molar-refractivity contribution in [1.29, 1.82) is 0 Å². The molecule has 2 rings (SSSR count). The summed E-state index contributed by atoms with van der Waals surface area (Å²) in [5, 5.41) is 22.6. The number of benzene rings is 1. The van der Waals surface area contributed by atoms with Gasteiger partial charge in [-0.05, 0) is 23.6 Å². The molecule has 0 fully saturated rings. The average Bonchev–Trinajstić information content (AvgIpc) is 2.88. The van der Waals surface area contributed by atoms with Crippen molar-refractivity contribution in [2.75, 3.05) is 0 Å². The number of carboxylic acid groups (broad SMARTS) is 1. The van der Waals surface area contributed by atoms with Gasteiger partial charge < -0.3 is 15.5 Å². The van der Waals surface area contributed by atoms with Crippen LogP contribution in [0, 0.1) is 5.82 Å². The van der Waals surface area contributed by atoms with E-state index in [1.54, 1.807) is 17.5 Å². The summed E-state index contributed by atoms with van der Waals surface area (Å²) in [7, 11) is 0. The van der Waals surface area contributed by atoms with Crippen molar-refractivity contribution in [3.8, 4) is 5.75 Å². The van der Waals surface area contributed by atoms with E-state index >= 15 is 0 Å². The van der Waals surface area contributed by atoms with Crippen molar-refractivity contribution in [2.24, 2.45) is 0 Å². The molecular weight excluding hydrogens is 285 g/mol. The zero-order valence-corrected chi connectivity index (χ0v) is 10.9. The van der Waals surface area contributed by atoms with E-state index in [4.69, 9.17) is 5.11 Å². The van der Waals surface area contributed by atoms with Crippen molar-refractivity contribution in [3.05, 3.63) is 52.0 Å². The molecule has 1 unspecified atom stereocenters. The molecule has 0 aliphatic rings. The van der Waals surface area contributed by atoms with E-state index < -0.39 is 29.5 Å². The number of rotatable bonds is 4. The number of carbonyl (C=O) groups is 2. The highest BCUT2D eigenvalue weighted by Crippen LogP contribution is 2.22. The van der Waals surface area contributed by atoms with Gasteiger partial charge in [0.05, 0.1) is 5.56 Å². The maximum Gasteiger partial charge on any atom is 0.331 e. The fourth-order valence-electron chi connectivity index (χ4n) is 1.62. The molecule has 0 saturated carbocycles. The zero-order valence-electron chi connectivity index (χ0n) is 10.0. The number of amides is 1. The lowest BCUT2D eigenvalue weighted by Gasteiger charge is -2.13. The van der Waals surface area contributed by atoms with Gasteiger partial charge in [-0.3, -0.25) is 4.79 Å². The first-order valence-electron chi connectivity index (χ1n) is 5.54. The summed E-state index contributed by atoms with van der Waals surface area (Å²) < 4.78 is 12.8. The van der Waals surface area contributed by atoms with Crippen LogP contribution in [-0.4, -0.2) is 22.1 Å². The van der Waals surface area contributed by atoms with Gasteiger partial charge in [-0.2, -0.15) is 0 Å². The third-order valence-corrected chi connectivity index (χ3v) is 3.49. The molecule has 1 aromatic carbocycles. The standard InChI is InChI=1S/C13H10FNO4S/c14-7-3-4-8(9(16)6-7)12(17)15-11(13(18)19)10-2-1-5-20-10/h1-6,11,16H,(H,15,17)(H,18,19). The number of thiophene rings is 1. The first-order valence-corrected chi connectivity index (χ1v) is 6.42. The maximum absolute atomic E-state index is 12.8. The molecule has 5 nitrogen and oxygen atoms in total. The zero-order chi connectivity index (χ0) is 14.7. The molecule has 1 amide bonds. The number of hydrogen-bond donors (Lipinski definition) is 3. The summed E-state index contributed by atoms with van der Waals surface area (Å²) in [5.41, 5.74) is -0.186. The number of carbonyl (C=O) groups excluding carboxylic acids is 1. The van der Waals surface area contributed by atoms with Gasteiger partial charge in [-0.15, -0.1) is 11.3 Å². The Hall–Kier alpha value is -2.41. The Balaban J connectivity index is 2.23. The molecule has 0 aliphatic heterocycles. The molecule has 1 heterocycles. The monoisotopic (exact) mass is 295 g/mol. The number of aliphatic carboxylic acids is 1. The minimum Gasteiger partial charge on any atom is -0.507 e. The quantitative estimate of drug-likeness (QED) is 0.806. The highest BCUT2D eigenvalue weighted by molar-refractivity contribution is 7.10. The lowest BCUT2D eigenvalue weighted by atomic mass is 10.1. The number of halogens is 1. The van der Waals surface area contributed by atoms with E-state index in [9.17, 15) is 19.1 Å². The van der Waals surface area contributed by atoms with Gasteiger partial charge in [-0.25, -0.2) is 9.18 Å². The van der Waals surface area contributed by atoms with E-state index in [-0.39, 0.29) is 5.56 Å². The molecule has 1 aromatic heterocycles. The highest BCUT2D eigenvalue weighted by Gasteiger charge is 2.24. The summed E-state index contributed by atoms with van der Waals surface area (Å²) in [6.45, 7) is 0. The third-order valence-electron chi connectivity index (χ3n) is 2.55. The SMILES string of the molecule is O=C(NC(C(=O)O)c1cccs1)c1ccc(F)cc1O. The summed E-state index contributed by atoms with van der Waals surface area (Å²) in [4.78, 5) is 23.6. The van der Waals surface area contributed by atoms with Crippen LogP contribution in [0.3, 0.4) is 0 Å². The van der Waals surface area contributed by atoms with Crippen LogP contribution in [0.25, 0.3) is 0 Å². The second kappa shape index (κ2) is 5.70. The summed E-state index contributed by atoms with van der Waals surface area (Å²) in [5.74, 6) is -3.24. The number of nitrogens with one attached hydrogen (secondary N) is 1. The minimum absolute atomic E-state index is 0.186. The normalized spacial score (nSPS) is 11.8. The molecule has 3 N–H and O–H groups in total. The highest BCUT2D eigenvalue weighted by atomic mass is 32.1. The first-order chi connectivity index (χ1) is 9.49. The summed E-state index contributed by atoms with van der Waals surface area (Å²) in [6, 6.07) is 4.91. The van der Waals surface area contributed by atoms with Crippen molar-refractivity contribution in [1.82, 2.24) is 5.32 Å². The molecule has 2 aromatic rings. The molecular formula is C13H10FNO4S. The molecule has 0 bridgehead atoms. The lowest BCUT2D eigenvalue weighted by Crippen LogP contribution is -2.33. The molecule has 0 spiro atoms. The topological polar surface area (TPSA) is 86.6 Å². The van der Waals surface area contributed by atoms with Crippen LogP contribution in [0.2, 0.25) is 0 Å². The van der Waals surface area contributed by atoms with E-state index in [1.165, 1.54) is 11.3 Å². The predicted molar refractivity (Wildman–Crippen MR) is 70.2 cm³/mol. The Morgan fingerprint density at radius 3 is 2.60 bits per heavy atom. The number of phenols is 1. The van der Waals surface area contributed by atoms with E-state index in [0.29, 0.717) is 4.88 Å². The van der Waals surface area contributed by atoms with E-state index in [1.807, 2.05) is 0 Å². The largest absolute Gasteiger partial charge is 0.507 e. The van der Waals surface area contributed by atoms with Crippen LogP contribution < -0.4 is 5.32 Å². The average molecular weight is 295 g/mol. The van der Waals surface area contributed by atoms with Crippen LogP contribution in [-0.2, 0) is 4.79 Å². The van der Waals surface area contributed by atoms with Gasteiger partial charge in [0.1, 0.15) is 11.6 Å². The van der Waals surface area contributed by atoms with Gasteiger partial charge in [0, 0.05) is 10.9 Å². The number of hydrogen-bond acceptors (Lipinski definition) is 4. The summed E-state index contributed by atoms with van der Waals surface area (Å²) >= 11 is 1.19. The number of aromatic hydroxyl groups is 1. The van der Waals surface area contributed by atoms with Crippen LogP contribution >= 0.6 is 11.3 Å². The smallest absolute Gasteiger partial charge is 0.331 e. The molecule has 0 aliphatic carbocycles. The Morgan fingerprint density at radius 2 is 2.05 bits per heavy atom. The van der Waals surface area contributed by atoms with E-state index in [2.05, 4.69) is 5.32 Å². The van der Waals surface area contributed by atoms with Crippen molar-refractivity contribution in [3.63, 3.8) is 0 Å². The lowest BCUT2D eigenvalue weighted by molar-refractivity contribution is -0.139. The maximum atomic E-state index is 12.8. The Kier molecular flexibility index (Phi) is 3.99. The van der Waals surface area contributed by atoms with Crippen LogP contribution in [0.1, 0.15) is 21.3 Å². The van der Waals surface area contributed by atoms with Crippen LogP contribution in [0.15, 0.2) is 35.7 Å². The molecule has 1 atom stereocenters. The fraction of sp³-hybridized carbons (Fsp3) is 0.0769. The third kappa shape index (κ3) is 2.94. The molecule has 104 valence electrons.